The Labute approximate surface area is 121 Å². The normalized spacial score (nSPS) is 17.4. The molecule has 110 valence electrons. The number of carbonyl (C=O) groups is 1. The maximum atomic E-state index is 11.6. The number of urea groups is 1. The van der Waals surface area contributed by atoms with Crippen molar-refractivity contribution < 1.29 is 4.79 Å². The van der Waals surface area contributed by atoms with Crippen molar-refractivity contribution in [2.75, 3.05) is 18.9 Å². The molecular formula is C16H25N3O. The zero-order valence-corrected chi connectivity index (χ0v) is 12.9. The van der Waals surface area contributed by atoms with Crippen molar-refractivity contribution in [1.82, 2.24) is 10.2 Å². The van der Waals surface area contributed by atoms with Crippen molar-refractivity contribution in [2.24, 2.45) is 5.92 Å². The Morgan fingerprint density at radius 2 is 2.15 bits per heavy atom. The van der Waals surface area contributed by atoms with Gasteiger partial charge in [0, 0.05) is 25.3 Å². The minimum absolute atomic E-state index is 0.0320. The second-order valence-electron chi connectivity index (χ2n) is 5.62. The molecular weight excluding hydrogens is 250 g/mol. The number of hydrogen-bond donors (Lipinski definition) is 2. The van der Waals surface area contributed by atoms with E-state index in [1.54, 1.807) is 4.90 Å². The average molecular weight is 275 g/mol. The van der Waals surface area contributed by atoms with Crippen molar-refractivity contribution in [2.45, 2.75) is 39.8 Å². The molecule has 1 aromatic rings. The van der Waals surface area contributed by atoms with Crippen molar-refractivity contribution in [1.29, 1.82) is 0 Å². The number of nitrogens with one attached hydrogen (secondary N) is 2. The van der Waals surface area contributed by atoms with Gasteiger partial charge in [0.15, 0.2) is 0 Å². The molecule has 2 rings (SSSR count). The lowest BCUT2D eigenvalue weighted by Gasteiger charge is -2.29. The van der Waals surface area contributed by atoms with Gasteiger partial charge in [0.25, 0.3) is 0 Å². The molecule has 2 unspecified atom stereocenters. The highest BCUT2D eigenvalue weighted by molar-refractivity contribution is 5.92. The van der Waals surface area contributed by atoms with Crippen molar-refractivity contribution in [3.05, 3.63) is 29.3 Å². The topological polar surface area (TPSA) is 44.4 Å². The van der Waals surface area contributed by atoms with Crippen LogP contribution in [0.5, 0.6) is 0 Å². The molecule has 2 atom stereocenters. The molecule has 1 aliphatic heterocycles. The molecule has 0 radical (unpaired) electrons. The molecule has 2 N–H and O–H groups in total. The van der Waals surface area contributed by atoms with Crippen LogP contribution in [0.4, 0.5) is 10.5 Å². The average Bonchev–Trinajstić information content (AvgIpc) is 2.45. The Hall–Kier alpha value is -1.55. The summed E-state index contributed by atoms with van der Waals surface area (Å²) in [6.07, 6.45) is 1.14. The lowest BCUT2D eigenvalue weighted by molar-refractivity contribution is 0.218. The lowest BCUT2D eigenvalue weighted by Crippen LogP contribution is -2.35. The van der Waals surface area contributed by atoms with Gasteiger partial charge >= 0.3 is 6.03 Å². The van der Waals surface area contributed by atoms with E-state index < -0.39 is 0 Å². The first-order valence-electron chi connectivity index (χ1n) is 7.45. The Balaban J connectivity index is 2.29. The van der Waals surface area contributed by atoms with Gasteiger partial charge in [-0.25, -0.2) is 4.79 Å². The first-order chi connectivity index (χ1) is 9.56. The van der Waals surface area contributed by atoms with Gasteiger partial charge in [0.2, 0.25) is 0 Å². The van der Waals surface area contributed by atoms with E-state index >= 15 is 0 Å². The summed E-state index contributed by atoms with van der Waals surface area (Å²) in [5.41, 5.74) is 3.44. The van der Waals surface area contributed by atoms with Crippen LogP contribution in [0.2, 0.25) is 0 Å². The molecule has 2 amide bonds. The fourth-order valence-corrected chi connectivity index (χ4v) is 2.70. The van der Waals surface area contributed by atoms with E-state index in [1.807, 2.05) is 13.1 Å². The van der Waals surface area contributed by atoms with E-state index in [0.717, 1.165) is 18.7 Å². The number of hydrogen-bond acceptors (Lipinski definition) is 2. The van der Waals surface area contributed by atoms with Gasteiger partial charge in [-0.15, -0.1) is 0 Å². The molecule has 0 saturated carbocycles. The van der Waals surface area contributed by atoms with Gasteiger partial charge in [-0.05, 0) is 29.7 Å². The Morgan fingerprint density at radius 3 is 2.80 bits per heavy atom. The van der Waals surface area contributed by atoms with E-state index in [0.29, 0.717) is 18.5 Å². The van der Waals surface area contributed by atoms with Gasteiger partial charge in [0.1, 0.15) is 0 Å². The summed E-state index contributed by atoms with van der Waals surface area (Å²) in [6.45, 7) is 8.28. The standard InChI is InChI=1S/C16H25N3O/c1-5-11(3)15(17-6-2)12-7-8-14-13(9-12)10-19(4)16(20)18-14/h7-9,11,15,17H,5-6,10H2,1-4H3,(H,18,20). The highest BCUT2D eigenvalue weighted by atomic mass is 16.2. The number of benzene rings is 1. The van der Waals surface area contributed by atoms with Gasteiger partial charge in [-0.2, -0.15) is 0 Å². The minimum atomic E-state index is -0.0320. The van der Waals surface area contributed by atoms with Crippen LogP contribution in [-0.2, 0) is 6.54 Å². The van der Waals surface area contributed by atoms with Crippen molar-refractivity contribution in [3.8, 4) is 0 Å². The van der Waals surface area contributed by atoms with E-state index in [1.165, 1.54) is 11.1 Å². The zero-order chi connectivity index (χ0) is 14.7. The molecule has 4 heteroatoms. The molecule has 0 aliphatic carbocycles. The molecule has 0 saturated heterocycles. The molecule has 0 spiro atoms. The zero-order valence-electron chi connectivity index (χ0n) is 12.9. The quantitative estimate of drug-likeness (QED) is 0.865. The number of rotatable bonds is 5. The predicted octanol–water partition coefficient (Wildman–Crippen LogP) is 3.36. The van der Waals surface area contributed by atoms with Gasteiger partial charge in [-0.1, -0.05) is 39.3 Å². The predicted molar refractivity (Wildman–Crippen MR) is 82.8 cm³/mol. The SMILES string of the molecule is CCNC(c1ccc2c(c1)CN(C)C(=O)N2)C(C)CC. The third-order valence-electron chi connectivity index (χ3n) is 4.12. The third kappa shape index (κ3) is 2.96. The number of nitrogens with zero attached hydrogens (tertiary/aromatic N) is 1. The summed E-state index contributed by atoms with van der Waals surface area (Å²) in [4.78, 5) is 13.3. The van der Waals surface area contributed by atoms with Crippen LogP contribution in [-0.4, -0.2) is 24.5 Å². The van der Waals surface area contributed by atoms with Crippen LogP contribution in [0.3, 0.4) is 0 Å². The van der Waals surface area contributed by atoms with Crippen LogP contribution in [0.15, 0.2) is 18.2 Å². The molecule has 0 fully saturated rings. The van der Waals surface area contributed by atoms with Gasteiger partial charge in [-0.3, -0.25) is 0 Å². The summed E-state index contributed by atoms with van der Waals surface area (Å²) in [5, 5.41) is 6.49. The second kappa shape index (κ2) is 6.27. The van der Waals surface area contributed by atoms with Crippen LogP contribution in [0.25, 0.3) is 0 Å². The van der Waals surface area contributed by atoms with Gasteiger partial charge < -0.3 is 15.5 Å². The number of anilines is 1. The summed E-state index contributed by atoms with van der Waals surface area (Å²) in [6, 6.07) is 6.73. The Morgan fingerprint density at radius 1 is 1.40 bits per heavy atom. The highest BCUT2D eigenvalue weighted by Crippen LogP contribution is 2.30. The summed E-state index contributed by atoms with van der Waals surface area (Å²) >= 11 is 0. The number of fused-ring (bicyclic) bond motifs is 1. The second-order valence-corrected chi connectivity index (χ2v) is 5.62. The fraction of sp³-hybridized carbons (Fsp3) is 0.562. The summed E-state index contributed by atoms with van der Waals surface area (Å²) in [5.74, 6) is 0.587. The van der Waals surface area contributed by atoms with Crippen molar-refractivity contribution in [3.63, 3.8) is 0 Å². The minimum Gasteiger partial charge on any atom is -0.323 e. The maximum absolute atomic E-state index is 11.6. The van der Waals surface area contributed by atoms with E-state index in [9.17, 15) is 4.79 Å². The Bertz CT molecular complexity index is 487. The third-order valence-corrected chi connectivity index (χ3v) is 4.12. The maximum Gasteiger partial charge on any atom is 0.321 e. The first-order valence-corrected chi connectivity index (χ1v) is 7.45. The highest BCUT2D eigenvalue weighted by Gasteiger charge is 2.22. The molecule has 1 heterocycles. The monoisotopic (exact) mass is 275 g/mol. The summed E-state index contributed by atoms with van der Waals surface area (Å²) < 4.78 is 0. The first kappa shape index (κ1) is 14.9. The van der Waals surface area contributed by atoms with Crippen molar-refractivity contribution >= 4 is 11.7 Å². The van der Waals surface area contributed by atoms with Crippen LogP contribution in [0, 0.1) is 5.92 Å². The van der Waals surface area contributed by atoms with E-state index in [-0.39, 0.29) is 6.03 Å². The molecule has 1 aromatic carbocycles. The Kier molecular flexibility index (Phi) is 4.65. The van der Waals surface area contributed by atoms with Gasteiger partial charge in [0.05, 0.1) is 0 Å². The molecule has 1 aliphatic rings. The van der Waals surface area contributed by atoms with Crippen LogP contribution in [0.1, 0.15) is 44.4 Å². The number of carbonyl (C=O) groups excluding carboxylic acids is 1. The lowest BCUT2D eigenvalue weighted by atomic mass is 9.90. The molecule has 0 bridgehead atoms. The molecule has 0 aromatic heterocycles. The van der Waals surface area contributed by atoms with E-state index in [2.05, 4.69) is 43.5 Å². The molecule has 4 nitrogen and oxygen atoms in total. The fourth-order valence-electron chi connectivity index (χ4n) is 2.70. The number of amides is 2. The largest absolute Gasteiger partial charge is 0.323 e. The van der Waals surface area contributed by atoms with Crippen LogP contribution >= 0.6 is 0 Å². The molecule has 20 heavy (non-hydrogen) atoms. The summed E-state index contributed by atoms with van der Waals surface area (Å²) in [7, 11) is 1.82. The van der Waals surface area contributed by atoms with Crippen LogP contribution < -0.4 is 10.6 Å². The van der Waals surface area contributed by atoms with E-state index in [4.69, 9.17) is 0 Å². The smallest absolute Gasteiger partial charge is 0.321 e.